The lowest BCUT2D eigenvalue weighted by molar-refractivity contribution is 0.363. The van der Waals surface area contributed by atoms with Gasteiger partial charge in [-0.05, 0) is 23.9 Å². The molecular formula is C17H18N3O3PS2. The average Bonchev–Trinajstić information content (AvgIpc) is 3.24. The van der Waals surface area contributed by atoms with Crippen LogP contribution in [-0.4, -0.2) is 51.9 Å². The summed E-state index contributed by atoms with van der Waals surface area (Å²) in [4.78, 5) is 28.4. The third-order valence-electron chi connectivity index (χ3n) is 4.26. The molecule has 0 unspecified atom stereocenters. The van der Waals surface area contributed by atoms with Crippen molar-refractivity contribution in [1.82, 2.24) is 9.80 Å². The number of thiophene rings is 1. The molecule has 136 valence electrons. The first kappa shape index (κ1) is 17.8. The molecule has 6 nitrogen and oxygen atoms in total. The Kier molecular flexibility index (Phi) is 4.49. The summed E-state index contributed by atoms with van der Waals surface area (Å²) in [5.74, 6) is 0. The quantitative estimate of drug-likeness (QED) is 0.755. The van der Waals surface area contributed by atoms with Gasteiger partial charge in [0, 0.05) is 46.6 Å². The highest BCUT2D eigenvalue weighted by molar-refractivity contribution is 8.17. The Bertz CT molecular complexity index is 1020. The van der Waals surface area contributed by atoms with Crippen molar-refractivity contribution >= 4 is 51.6 Å². The van der Waals surface area contributed by atoms with Gasteiger partial charge in [0.2, 0.25) is 0 Å². The van der Waals surface area contributed by atoms with E-state index in [2.05, 4.69) is 27.4 Å². The standard InChI is InChI=1S/C17H18N3O3PS2/c1-19(2)15(24(21,22)23)9-14-16(20-8-7-18-17(20)26-14)12-10-25-13-6-4-3-5-11(12)13/h3-6,9-10H,7-8H2,1-2H3,(H2,21,22,23). The Morgan fingerprint density at radius 1 is 1.35 bits per heavy atom. The molecule has 0 aliphatic carbocycles. The number of aliphatic imine (C=N–C) groups is 1. The SMILES string of the molecule is CN(C)C(=CC1=C(c2csc3ccccc23)N2CCN=C2S1)P(=O)(O)O. The Morgan fingerprint density at radius 2 is 2.12 bits per heavy atom. The lowest BCUT2D eigenvalue weighted by Crippen LogP contribution is -2.19. The largest absolute Gasteiger partial charge is 0.372 e. The summed E-state index contributed by atoms with van der Waals surface area (Å²) >= 11 is 3.14. The van der Waals surface area contributed by atoms with Gasteiger partial charge in [0.05, 0.1) is 12.2 Å². The molecule has 0 bridgehead atoms. The maximum Gasteiger partial charge on any atom is 0.372 e. The van der Waals surface area contributed by atoms with Crippen molar-refractivity contribution in [2.75, 3.05) is 27.2 Å². The summed E-state index contributed by atoms with van der Waals surface area (Å²) in [5, 5.41) is 4.16. The van der Waals surface area contributed by atoms with Crippen molar-refractivity contribution in [2.24, 2.45) is 4.99 Å². The van der Waals surface area contributed by atoms with Crippen LogP contribution in [0.2, 0.25) is 0 Å². The van der Waals surface area contributed by atoms with Crippen LogP contribution in [0.25, 0.3) is 15.8 Å². The van der Waals surface area contributed by atoms with Gasteiger partial charge in [-0.1, -0.05) is 18.2 Å². The summed E-state index contributed by atoms with van der Waals surface area (Å²) in [6.45, 7) is 1.52. The number of amidine groups is 1. The van der Waals surface area contributed by atoms with Crippen LogP contribution in [0.15, 0.2) is 51.1 Å². The normalized spacial score (nSPS) is 17.9. The second-order valence-corrected chi connectivity index (χ2v) is 9.68. The summed E-state index contributed by atoms with van der Waals surface area (Å²) < 4.78 is 13.1. The number of rotatable bonds is 4. The third kappa shape index (κ3) is 3.02. The van der Waals surface area contributed by atoms with E-state index < -0.39 is 7.60 Å². The fourth-order valence-corrected chi connectivity index (χ4v) is 6.11. The highest BCUT2D eigenvalue weighted by atomic mass is 32.2. The first-order valence-electron chi connectivity index (χ1n) is 8.02. The summed E-state index contributed by atoms with van der Waals surface area (Å²) in [6.07, 6.45) is 1.61. The monoisotopic (exact) mass is 407 g/mol. The molecule has 1 aromatic heterocycles. The number of fused-ring (bicyclic) bond motifs is 2. The molecule has 4 rings (SSSR count). The van der Waals surface area contributed by atoms with Crippen LogP contribution in [0.4, 0.5) is 0 Å². The molecule has 0 fully saturated rings. The van der Waals surface area contributed by atoms with Crippen molar-refractivity contribution < 1.29 is 14.4 Å². The third-order valence-corrected chi connectivity index (χ3v) is 7.41. The molecular weight excluding hydrogens is 389 g/mol. The smallest absolute Gasteiger partial charge is 0.371 e. The summed E-state index contributed by atoms with van der Waals surface area (Å²) in [7, 11) is -1.10. The van der Waals surface area contributed by atoms with Crippen LogP contribution >= 0.6 is 30.7 Å². The van der Waals surface area contributed by atoms with Gasteiger partial charge in [0.25, 0.3) is 0 Å². The molecule has 9 heteroatoms. The highest BCUT2D eigenvalue weighted by Gasteiger charge is 2.35. The molecule has 3 heterocycles. The summed E-state index contributed by atoms with van der Waals surface area (Å²) in [5.41, 5.74) is 2.07. The predicted molar refractivity (Wildman–Crippen MR) is 109 cm³/mol. The van der Waals surface area contributed by atoms with E-state index in [-0.39, 0.29) is 5.44 Å². The van der Waals surface area contributed by atoms with Crippen LogP contribution in [-0.2, 0) is 4.57 Å². The van der Waals surface area contributed by atoms with E-state index in [0.29, 0.717) is 0 Å². The van der Waals surface area contributed by atoms with E-state index in [4.69, 9.17) is 0 Å². The number of hydrogen-bond donors (Lipinski definition) is 2. The molecule has 0 spiro atoms. The maximum atomic E-state index is 11.9. The molecule has 2 aliphatic rings. The summed E-state index contributed by atoms with van der Waals surface area (Å²) in [6, 6.07) is 8.20. The van der Waals surface area contributed by atoms with Crippen LogP contribution in [0, 0.1) is 0 Å². The lowest BCUT2D eigenvalue weighted by atomic mass is 10.1. The van der Waals surface area contributed by atoms with E-state index in [1.54, 1.807) is 31.5 Å². The van der Waals surface area contributed by atoms with Crippen molar-refractivity contribution in [2.45, 2.75) is 0 Å². The number of nitrogens with zero attached hydrogens (tertiary/aromatic N) is 3. The van der Waals surface area contributed by atoms with E-state index >= 15 is 0 Å². The zero-order chi connectivity index (χ0) is 18.5. The zero-order valence-electron chi connectivity index (χ0n) is 14.3. The molecule has 0 saturated heterocycles. The molecule has 0 amide bonds. The zero-order valence-corrected chi connectivity index (χ0v) is 16.8. The Morgan fingerprint density at radius 3 is 2.85 bits per heavy atom. The van der Waals surface area contributed by atoms with Gasteiger partial charge in [-0.15, -0.1) is 11.3 Å². The first-order chi connectivity index (χ1) is 12.4. The average molecular weight is 407 g/mol. The van der Waals surface area contributed by atoms with E-state index in [1.807, 2.05) is 12.1 Å². The number of thioether (sulfide) groups is 1. The Hall–Kier alpha value is -1.57. The second-order valence-electron chi connectivity index (χ2n) is 6.22. The Balaban J connectivity index is 1.93. The second kappa shape index (κ2) is 6.55. The van der Waals surface area contributed by atoms with Crippen LogP contribution < -0.4 is 0 Å². The van der Waals surface area contributed by atoms with Crippen molar-refractivity contribution in [3.63, 3.8) is 0 Å². The molecule has 2 aliphatic heterocycles. The van der Waals surface area contributed by atoms with Gasteiger partial charge < -0.3 is 19.6 Å². The minimum Gasteiger partial charge on any atom is -0.371 e. The molecule has 0 radical (unpaired) electrons. The maximum absolute atomic E-state index is 11.9. The molecule has 0 atom stereocenters. The minimum atomic E-state index is -4.38. The van der Waals surface area contributed by atoms with Gasteiger partial charge >= 0.3 is 7.60 Å². The van der Waals surface area contributed by atoms with Gasteiger partial charge in [-0.25, -0.2) is 0 Å². The fourth-order valence-electron chi connectivity index (χ4n) is 3.13. The van der Waals surface area contributed by atoms with Crippen molar-refractivity contribution in [1.29, 1.82) is 0 Å². The topological polar surface area (TPSA) is 76.4 Å². The molecule has 0 saturated carbocycles. The van der Waals surface area contributed by atoms with Crippen molar-refractivity contribution in [3.05, 3.63) is 51.6 Å². The minimum absolute atomic E-state index is 0.00110. The number of benzene rings is 1. The van der Waals surface area contributed by atoms with Crippen molar-refractivity contribution in [3.8, 4) is 0 Å². The van der Waals surface area contributed by atoms with Gasteiger partial charge in [0.1, 0.15) is 5.44 Å². The molecule has 2 aromatic rings. The van der Waals surface area contributed by atoms with Crippen LogP contribution in [0.5, 0.6) is 0 Å². The first-order valence-corrected chi connectivity index (χ1v) is 11.3. The Labute approximate surface area is 159 Å². The predicted octanol–water partition coefficient (Wildman–Crippen LogP) is 3.57. The molecule has 26 heavy (non-hydrogen) atoms. The van der Waals surface area contributed by atoms with E-state index in [1.165, 1.54) is 21.4 Å². The number of hydrogen-bond acceptors (Lipinski definition) is 6. The van der Waals surface area contributed by atoms with E-state index in [0.717, 1.165) is 39.8 Å². The van der Waals surface area contributed by atoms with Gasteiger partial charge in [-0.2, -0.15) is 0 Å². The highest BCUT2D eigenvalue weighted by Crippen LogP contribution is 2.50. The molecule has 1 aromatic carbocycles. The van der Waals surface area contributed by atoms with Crippen LogP contribution in [0.1, 0.15) is 5.56 Å². The van der Waals surface area contributed by atoms with E-state index in [9.17, 15) is 14.4 Å². The van der Waals surface area contributed by atoms with Gasteiger partial charge in [-0.3, -0.25) is 9.56 Å². The molecule has 2 N–H and O–H groups in total. The number of allylic oxidation sites excluding steroid dienone is 1. The van der Waals surface area contributed by atoms with Gasteiger partial charge in [0.15, 0.2) is 5.17 Å². The fraction of sp³-hybridized carbons (Fsp3) is 0.235. The van der Waals surface area contributed by atoms with Crippen LogP contribution in [0.3, 0.4) is 0 Å². The lowest BCUT2D eigenvalue weighted by Gasteiger charge is -2.19.